The first-order chi connectivity index (χ1) is 11.2. The second-order valence-electron chi connectivity index (χ2n) is 4.84. The van der Waals surface area contributed by atoms with E-state index in [2.05, 4.69) is 4.98 Å². The molecule has 0 aliphatic heterocycles. The van der Waals surface area contributed by atoms with Gasteiger partial charge in [0.05, 0.1) is 27.6 Å². The van der Waals surface area contributed by atoms with Gasteiger partial charge >= 0.3 is 0 Å². The molecule has 0 spiro atoms. The molecule has 0 amide bonds. The van der Waals surface area contributed by atoms with Gasteiger partial charge in [0.2, 0.25) is 5.43 Å². The number of aromatic nitrogens is 1. The van der Waals surface area contributed by atoms with Crippen LogP contribution in [-0.2, 0) is 0 Å². The van der Waals surface area contributed by atoms with Crippen molar-refractivity contribution in [2.45, 2.75) is 9.24 Å². The molecule has 2 aromatic heterocycles. The first-order valence-corrected chi connectivity index (χ1v) is 8.51. The summed E-state index contributed by atoms with van der Waals surface area (Å²) < 4.78 is 12.7. The zero-order valence-corrected chi connectivity index (χ0v) is 13.7. The van der Waals surface area contributed by atoms with Gasteiger partial charge in [0, 0.05) is 6.07 Å². The van der Waals surface area contributed by atoms with E-state index < -0.39 is 0 Å². The molecule has 0 fully saturated rings. The summed E-state index contributed by atoms with van der Waals surface area (Å²) in [6, 6.07) is 13.1. The average molecular weight is 341 g/mol. The van der Waals surface area contributed by atoms with Crippen LogP contribution in [0.4, 0.5) is 0 Å². The predicted octanol–water partition coefficient (Wildman–Crippen LogP) is 4.56. The highest BCUT2D eigenvalue weighted by Gasteiger charge is 2.12. The maximum atomic E-state index is 12.6. The molecule has 0 atom stereocenters. The number of hydrogen-bond acceptors (Lipinski definition) is 6. The number of thiazole rings is 1. The number of rotatable bonds is 3. The van der Waals surface area contributed by atoms with Crippen LogP contribution in [0.1, 0.15) is 0 Å². The summed E-state index contributed by atoms with van der Waals surface area (Å²) in [7, 11) is 1.58. The summed E-state index contributed by atoms with van der Waals surface area (Å²) in [6.45, 7) is 0. The molecule has 4 nitrogen and oxygen atoms in total. The van der Waals surface area contributed by atoms with Gasteiger partial charge in [0.1, 0.15) is 17.6 Å². The molecular formula is C17H11NO3S2. The number of nitrogens with zero attached hydrogens (tertiary/aromatic N) is 1. The van der Waals surface area contributed by atoms with Crippen LogP contribution < -0.4 is 10.2 Å². The summed E-state index contributed by atoms with van der Waals surface area (Å²) >= 11 is 2.90. The normalized spacial score (nSPS) is 11.2. The molecule has 0 aliphatic carbocycles. The Balaban J connectivity index is 1.76. The van der Waals surface area contributed by atoms with E-state index >= 15 is 0 Å². The summed E-state index contributed by atoms with van der Waals surface area (Å²) in [5, 5.41) is 0.539. The Morgan fingerprint density at radius 2 is 2.09 bits per heavy atom. The standard InChI is InChI=1S/C17H11NO3S2/c1-20-10-6-7-11-13(8-10)21-9-15(16(11)19)23-17-18-12-4-2-3-5-14(12)22-17/h2-9H,1H3. The van der Waals surface area contributed by atoms with Crippen LogP contribution in [0.15, 0.2) is 67.2 Å². The molecule has 0 aliphatic rings. The van der Waals surface area contributed by atoms with Crippen molar-refractivity contribution in [3.05, 3.63) is 59.0 Å². The summed E-state index contributed by atoms with van der Waals surface area (Å²) in [6.07, 6.45) is 1.49. The van der Waals surface area contributed by atoms with Crippen LogP contribution in [0.5, 0.6) is 5.75 Å². The number of methoxy groups -OCH3 is 1. The maximum Gasteiger partial charge on any atom is 0.206 e. The monoisotopic (exact) mass is 341 g/mol. The van der Waals surface area contributed by atoms with Crippen molar-refractivity contribution < 1.29 is 9.15 Å². The van der Waals surface area contributed by atoms with Crippen LogP contribution >= 0.6 is 23.1 Å². The van der Waals surface area contributed by atoms with E-state index in [4.69, 9.17) is 9.15 Å². The van der Waals surface area contributed by atoms with Gasteiger partial charge in [-0.25, -0.2) is 4.98 Å². The number of ether oxygens (including phenoxy) is 1. The molecule has 0 N–H and O–H groups in total. The fourth-order valence-corrected chi connectivity index (χ4v) is 4.31. The van der Waals surface area contributed by atoms with E-state index in [1.54, 1.807) is 36.6 Å². The van der Waals surface area contributed by atoms with Crippen LogP contribution in [0.2, 0.25) is 0 Å². The SMILES string of the molecule is COc1ccc2c(=O)c(Sc3nc4ccccc4s3)coc2c1. The smallest absolute Gasteiger partial charge is 0.206 e. The van der Waals surface area contributed by atoms with Gasteiger partial charge in [-0.1, -0.05) is 23.9 Å². The van der Waals surface area contributed by atoms with Crippen molar-refractivity contribution in [1.82, 2.24) is 4.98 Å². The predicted molar refractivity (Wildman–Crippen MR) is 92.8 cm³/mol. The van der Waals surface area contributed by atoms with E-state index in [1.807, 2.05) is 24.3 Å². The van der Waals surface area contributed by atoms with E-state index in [1.165, 1.54) is 18.0 Å². The van der Waals surface area contributed by atoms with Crippen molar-refractivity contribution in [3.63, 3.8) is 0 Å². The maximum absolute atomic E-state index is 12.6. The number of para-hydroxylation sites is 1. The van der Waals surface area contributed by atoms with Crippen molar-refractivity contribution in [3.8, 4) is 5.75 Å². The van der Waals surface area contributed by atoms with Crippen LogP contribution in [0, 0.1) is 0 Å². The average Bonchev–Trinajstić information content (AvgIpc) is 2.99. The minimum absolute atomic E-state index is 0.0573. The Labute approximate surface area is 139 Å². The minimum Gasteiger partial charge on any atom is -0.497 e. The van der Waals surface area contributed by atoms with Gasteiger partial charge in [-0.3, -0.25) is 4.79 Å². The lowest BCUT2D eigenvalue weighted by Crippen LogP contribution is -2.03. The summed E-state index contributed by atoms with van der Waals surface area (Å²) in [4.78, 5) is 17.7. The molecule has 2 heterocycles. The second-order valence-corrected chi connectivity index (χ2v) is 7.16. The van der Waals surface area contributed by atoms with E-state index in [0.717, 1.165) is 14.6 Å². The molecule has 0 bridgehead atoms. The van der Waals surface area contributed by atoms with Crippen molar-refractivity contribution in [2.75, 3.05) is 7.11 Å². The van der Waals surface area contributed by atoms with E-state index in [-0.39, 0.29) is 5.43 Å². The zero-order valence-electron chi connectivity index (χ0n) is 12.1. The fraction of sp³-hybridized carbons (Fsp3) is 0.0588. The lowest BCUT2D eigenvalue weighted by molar-refractivity contribution is 0.414. The van der Waals surface area contributed by atoms with Crippen LogP contribution in [-0.4, -0.2) is 12.1 Å². The molecule has 4 aromatic rings. The first-order valence-electron chi connectivity index (χ1n) is 6.87. The van der Waals surface area contributed by atoms with Gasteiger partial charge < -0.3 is 9.15 Å². The molecule has 23 heavy (non-hydrogen) atoms. The Hall–Kier alpha value is -2.31. The van der Waals surface area contributed by atoms with Gasteiger partial charge in [0.25, 0.3) is 0 Å². The van der Waals surface area contributed by atoms with Crippen LogP contribution in [0.25, 0.3) is 21.2 Å². The molecule has 0 saturated carbocycles. The zero-order chi connectivity index (χ0) is 15.8. The van der Waals surface area contributed by atoms with Gasteiger partial charge in [0.15, 0.2) is 4.34 Å². The highest BCUT2D eigenvalue weighted by atomic mass is 32.2. The second kappa shape index (κ2) is 5.72. The molecule has 0 saturated heterocycles. The molecule has 0 unspecified atom stereocenters. The highest BCUT2D eigenvalue weighted by molar-refractivity contribution is 8.01. The third kappa shape index (κ3) is 2.60. The first kappa shape index (κ1) is 14.3. The van der Waals surface area contributed by atoms with E-state index in [9.17, 15) is 4.79 Å². The van der Waals surface area contributed by atoms with Crippen molar-refractivity contribution in [2.24, 2.45) is 0 Å². The Bertz CT molecular complexity index is 1040. The minimum atomic E-state index is -0.0573. The molecule has 0 radical (unpaired) electrons. The van der Waals surface area contributed by atoms with Gasteiger partial charge in [-0.05, 0) is 24.3 Å². The lowest BCUT2D eigenvalue weighted by Gasteiger charge is -2.02. The molecule has 4 rings (SSSR count). The third-order valence-electron chi connectivity index (χ3n) is 3.42. The largest absolute Gasteiger partial charge is 0.497 e. The van der Waals surface area contributed by atoms with Crippen molar-refractivity contribution >= 4 is 44.3 Å². The fourth-order valence-electron chi connectivity index (χ4n) is 2.28. The van der Waals surface area contributed by atoms with E-state index in [0.29, 0.717) is 21.6 Å². The molecule has 6 heteroatoms. The Morgan fingerprint density at radius 1 is 1.22 bits per heavy atom. The Kier molecular flexibility index (Phi) is 3.55. The van der Waals surface area contributed by atoms with Crippen LogP contribution in [0.3, 0.4) is 0 Å². The number of benzene rings is 2. The quantitative estimate of drug-likeness (QED) is 0.547. The third-order valence-corrected chi connectivity index (χ3v) is 5.52. The molecule has 114 valence electrons. The Morgan fingerprint density at radius 3 is 2.91 bits per heavy atom. The summed E-state index contributed by atoms with van der Waals surface area (Å²) in [5.41, 5.74) is 1.40. The van der Waals surface area contributed by atoms with Gasteiger partial charge in [-0.15, -0.1) is 11.3 Å². The lowest BCUT2D eigenvalue weighted by atomic mass is 10.2. The molecule has 2 aromatic carbocycles. The number of fused-ring (bicyclic) bond motifs is 2. The summed E-state index contributed by atoms with van der Waals surface area (Å²) in [5.74, 6) is 0.659. The van der Waals surface area contributed by atoms with Gasteiger partial charge in [-0.2, -0.15) is 0 Å². The highest BCUT2D eigenvalue weighted by Crippen LogP contribution is 2.33. The van der Waals surface area contributed by atoms with Crippen molar-refractivity contribution in [1.29, 1.82) is 0 Å². The topological polar surface area (TPSA) is 52.3 Å². The number of hydrogen-bond donors (Lipinski definition) is 0. The molecular weight excluding hydrogens is 330 g/mol.